The second-order valence-electron chi connectivity index (χ2n) is 4.36. The Labute approximate surface area is 109 Å². The number of nitrogen functional groups attached to an aromatic ring is 1. The molecule has 0 aliphatic rings. The molecule has 0 aliphatic heterocycles. The topological polar surface area (TPSA) is 74.0 Å². The van der Waals surface area contributed by atoms with E-state index in [0.29, 0.717) is 17.8 Å². The van der Waals surface area contributed by atoms with E-state index >= 15 is 0 Å². The van der Waals surface area contributed by atoms with Gasteiger partial charge < -0.3 is 10.2 Å². The highest BCUT2D eigenvalue weighted by Crippen LogP contribution is 2.16. The molecule has 2 aromatic heterocycles. The first kappa shape index (κ1) is 11.5. The largest absolute Gasteiger partial charge is 0.419 e. The number of aromatic nitrogens is 2. The van der Waals surface area contributed by atoms with Crippen LogP contribution in [0.1, 0.15) is 5.56 Å². The minimum Gasteiger partial charge on any atom is -0.408 e. The molecule has 96 valence electrons. The highest BCUT2D eigenvalue weighted by atomic mass is 16.4. The maximum absolute atomic E-state index is 11.8. The summed E-state index contributed by atoms with van der Waals surface area (Å²) in [5, 5.41) is 0. The zero-order valence-corrected chi connectivity index (χ0v) is 10.2. The van der Waals surface area contributed by atoms with Crippen molar-refractivity contribution in [1.29, 1.82) is 0 Å². The number of hydrogen-bond acceptors (Lipinski definition) is 4. The second-order valence-corrected chi connectivity index (χ2v) is 4.36. The quantitative estimate of drug-likeness (QED) is 0.724. The van der Waals surface area contributed by atoms with Crippen LogP contribution in [0.4, 0.5) is 5.69 Å². The lowest BCUT2D eigenvalue weighted by Gasteiger charge is -2.02. The molecule has 0 unspecified atom stereocenters. The molecule has 0 saturated heterocycles. The summed E-state index contributed by atoms with van der Waals surface area (Å²) in [6, 6.07) is 9.10. The summed E-state index contributed by atoms with van der Waals surface area (Å²) in [5.74, 6) is -0.357. The maximum atomic E-state index is 11.8. The Bertz CT molecular complexity index is 759. The molecule has 3 aromatic rings. The summed E-state index contributed by atoms with van der Waals surface area (Å²) in [7, 11) is 0. The van der Waals surface area contributed by atoms with Crippen molar-refractivity contribution in [2.75, 3.05) is 5.73 Å². The number of aryl methyl sites for hydroxylation is 2. The van der Waals surface area contributed by atoms with Gasteiger partial charge >= 0.3 is 5.76 Å². The first-order valence-corrected chi connectivity index (χ1v) is 6.02. The third kappa shape index (κ3) is 2.22. The maximum Gasteiger partial charge on any atom is 0.419 e. The van der Waals surface area contributed by atoms with Gasteiger partial charge in [-0.1, -0.05) is 6.07 Å². The van der Waals surface area contributed by atoms with Crippen LogP contribution in [-0.4, -0.2) is 9.55 Å². The fraction of sp³-hybridized carbons (Fsp3) is 0.143. The normalized spacial score (nSPS) is 10.9. The van der Waals surface area contributed by atoms with Crippen molar-refractivity contribution in [1.82, 2.24) is 9.55 Å². The lowest BCUT2D eigenvalue weighted by Crippen LogP contribution is -2.15. The van der Waals surface area contributed by atoms with Crippen LogP contribution in [0.3, 0.4) is 0 Å². The molecule has 0 radical (unpaired) electrons. The molecular formula is C14H13N3O2. The van der Waals surface area contributed by atoms with Gasteiger partial charge in [0.15, 0.2) is 5.58 Å². The average Bonchev–Trinajstić information content (AvgIpc) is 2.72. The summed E-state index contributed by atoms with van der Waals surface area (Å²) >= 11 is 0. The lowest BCUT2D eigenvalue weighted by molar-refractivity contribution is 0.505. The number of anilines is 1. The van der Waals surface area contributed by atoms with Crippen molar-refractivity contribution in [3.05, 3.63) is 58.8 Å². The zero-order chi connectivity index (χ0) is 13.2. The summed E-state index contributed by atoms with van der Waals surface area (Å²) in [6.45, 7) is 0.557. The minimum atomic E-state index is -0.357. The zero-order valence-electron chi connectivity index (χ0n) is 10.2. The van der Waals surface area contributed by atoms with Crippen molar-refractivity contribution < 1.29 is 4.42 Å². The average molecular weight is 255 g/mol. The number of nitrogens with zero attached hydrogens (tertiary/aromatic N) is 2. The van der Waals surface area contributed by atoms with E-state index in [0.717, 1.165) is 17.5 Å². The molecule has 3 rings (SSSR count). The van der Waals surface area contributed by atoms with Crippen LogP contribution in [0, 0.1) is 0 Å². The van der Waals surface area contributed by atoms with E-state index in [1.54, 1.807) is 35.2 Å². The van der Waals surface area contributed by atoms with Crippen LogP contribution < -0.4 is 11.5 Å². The van der Waals surface area contributed by atoms with Gasteiger partial charge in [-0.3, -0.25) is 9.55 Å². The predicted molar refractivity (Wildman–Crippen MR) is 72.8 cm³/mol. The van der Waals surface area contributed by atoms with Gasteiger partial charge in [0.05, 0.1) is 5.52 Å². The number of pyridine rings is 1. The van der Waals surface area contributed by atoms with Crippen LogP contribution in [-0.2, 0) is 13.0 Å². The van der Waals surface area contributed by atoms with Crippen LogP contribution in [0.25, 0.3) is 11.1 Å². The Hall–Kier alpha value is -2.56. The first-order valence-electron chi connectivity index (χ1n) is 6.02. The van der Waals surface area contributed by atoms with Gasteiger partial charge in [-0.2, -0.15) is 0 Å². The molecule has 1 aromatic carbocycles. The van der Waals surface area contributed by atoms with E-state index in [4.69, 9.17) is 10.2 Å². The Balaban J connectivity index is 1.93. The number of fused-ring (bicyclic) bond motifs is 1. The van der Waals surface area contributed by atoms with Crippen molar-refractivity contribution in [3.63, 3.8) is 0 Å². The fourth-order valence-electron chi connectivity index (χ4n) is 2.08. The SMILES string of the molecule is Nc1ccc2c(c1)oc(=O)n2CCc1cccnc1. The second kappa shape index (κ2) is 4.61. The Morgan fingerprint density at radius 1 is 1.32 bits per heavy atom. The number of nitrogens with two attached hydrogens (primary N) is 1. The number of rotatable bonds is 3. The third-order valence-corrected chi connectivity index (χ3v) is 3.04. The van der Waals surface area contributed by atoms with Gasteiger partial charge in [0, 0.05) is 30.7 Å². The van der Waals surface area contributed by atoms with E-state index in [1.807, 2.05) is 12.1 Å². The van der Waals surface area contributed by atoms with Crippen molar-refractivity contribution in [3.8, 4) is 0 Å². The smallest absolute Gasteiger partial charge is 0.408 e. The Morgan fingerprint density at radius 3 is 3.00 bits per heavy atom. The highest BCUT2D eigenvalue weighted by Gasteiger charge is 2.09. The lowest BCUT2D eigenvalue weighted by atomic mass is 10.2. The molecule has 5 heteroatoms. The van der Waals surface area contributed by atoms with Gasteiger partial charge in [-0.25, -0.2) is 4.79 Å². The summed E-state index contributed by atoms with van der Waals surface area (Å²) in [5.41, 5.74) is 8.63. The first-order chi connectivity index (χ1) is 9.24. The van der Waals surface area contributed by atoms with Gasteiger partial charge in [0.2, 0.25) is 0 Å². The van der Waals surface area contributed by atoms with Crippen LogP contribution in [0.2, 0.25) is 0 Å². The molecule has 0 spiro atoms. The number of oxazole rings is 1. The molecular weight excluding hydrogens is 242 g/mol. The highest BCUT2D eigenvalue weighted by molar-refractivity contribution is 5.76. The minimum absolute atomic E-state index is 0.357. The van der Waals surface area contributed by atoms with Gasteiger partial charge in [-0.15, -0.1) is 0 Å². The van der Waals surface area contributed by atoms with E-state index in [9.17, 15) is 4.79 Å². The standard InChI is InChI=1S/C14H13N3O2/c15-11-3-4-12-13(8-11)19-14(18)17(12)7-5-10-2-1-6-16-9-10/h1-4,6,8-9H,5,7,15H2. The summed E-state index contributed by atoms with van der Waals surface area (Å²) < 4.78 is 6.79. The van der Waals surface area contributed by atoms with E-state index in [-0.39, 0.29) is 5.76 Å². The number of benzene rings is 1. The Kier molecular flexibility index (Phi) is 2.79. The summed E-state index contributed by atoms with van der Waals surface area (Å²) in [6.07, 6.45) is 4.25. The molecule has 0 saturated carbocycles. The van der Waals surface area contributed by atoms with E-state index in [1.165, 1.54) is 0 Å². The predicted octanol–water partition coefficient (Wildman–Crippen LogP) is 1.81. The molecule has 2 N–H and O–H groups in total. The van der Waals surface area contributed by atoms with Crippen LogP contribution in [0.5, 0.6) is 0 Å². The van der Waals surface area contributed by atoms with E-state index in [2.05, 4.69) is 4.98 Å². The van der Waals surface area contributed by atoms with Crippen LogP contribution in [0.15, 0.2) is 51.9 Å². The molecule has 0 fully saturated rings. The van der Waals surface area contributed by atoms with Gasteiger partial charge in [0.1, 0.15) is 0 Å². The van der Waals surface area contributed by atoms with Gasteiger partial charge in [-0.05, 0) is 30.2 Å². The van der Waals surface area contributed by atoms with Crippen molar-refractivity contribution >= 4 is 16.8 Å². The van der Waals surface area contributed by atoms with Crippen molar-refractivity contribution in [2.45, 2.75) is 13.0 Å². The third-order valence-electron chi connectivity index (χ3n) is 3.04. The Morgan fingerprint density at radius 2 is 2.21 bits per heavy atom. The molecule has 2 heterocycles. The molecule has 0 aliphatic carbocycles. The molecule has 19 heavy (non-hydrogen) atoms. The molecule has 0 atom stereocenters. The van der Waals surface area contributed by atoms with E-state index < -0.39 is 0 Å². The molecule has 0 bridgehead atoms. The molecule has 5 nitrogen and oxygen atoms in total. The van der Waals surface area contributed by atoms with Gasteiger partial charge in [0.25, 0.3) is 0 Å². The molecule has 0 amide bonds. The van der Waals surface area contributed by atoms with Crippen molar-refractivity contribution in [2.24, 2.45) is 0 Å². The summed E-state index contributed by atoms with van der Waals surface area (Å²) in [4.78, 5) is 15.9. The fourth-order valence-corrected chi connectivity index (χ4v) is 2.08. The number of hydrogen-bond donors (Lipinski definition) is 1. The van der Waals surface area contributed by atoms with Crippen LogP contribution >= 0.6 is 0 Å². The monoisotopic (exact) mass is 255 g/mol.